The lowest BCUT2D eigenvalue weighted by molar-refractivity contribution is -0.126. The zero-order valence-electron chi connectivity index (χ0n) is 17.2. The Morgan fingerprint density at radius 3 is 2.64 bits per heavy atom. The summed E-state index contributed by atoms with van der Waals surface area (Å²) in [6, 6.07) is 9.20. The normalized spacial score (nSPS) is 25.1. The van der Waals surface area contributed by atoms with Gasteiger partial charge in [-0.05, 0) is 55.3 Å². The smallest absolute Gasteiger partial charge is 0.246 e. The average Bonchev–Trinajstić information content (AvgIpc) is 2.72. The molecule has 1 saturated heterocycles. The van der Waals surface area contributed by atoms with Crippen LogP contribution in [0, 0.1) is 0 Å². The number of hydrogen-bond donors (Lipinski definition) is 2. The molecule has 1 amide bonds. The van der Waals surface area contributed by atoms with Crippen molar-refractivity contribution in [3.63, 3.8) is 0 Å². The fraction of sp³-hybridized carbons (Fsp3) is 0.609. The Morgan fingerprint density at radius 1 is 1.25 bits per heavy atom. The molecule has 0 saturated carbocycles. The van der Waals surface area contributed by atoms with Gasteiger partial charge in [0.1, 0.15) is 6.61 Å². The summed E-state index contributed by atoms with van der Waals surface area (Å²) in [5.41, 5.74) is 4.03. The average molecular weight is 387 g/mol. The molecule has 1 aliphatic carbocycles. The molecule has 1 fully saturated rings. The first-order valence-corrected chi connectivity index (χ1v) is 10.6. The first-order valence-electron chi connectivity index (χ1n) is 10.6. The highest BCUT2D eigenvalue weighted by molar-refractivity contribution is 5.77. The maximum atomic E-state index is 11.9. The van der Waals surface area contributed by atoms with E-state index >= 15 is 0 Å². The molecule has 0 bridgehead atoms. The fourth-order valence-corrected chi connectivity index (χ4v) is 4.73. The Hall–Kier alpha value is -1.69. The van der Waals surface area contributed by atoms with Crippen molar-refractivity contribution in [1.29, 1.82) is 0 Å². The summed E-state index contributed by atoms with van der Waals surface area (Å²) in [6.07, 6.45) is 8.32. The second kappa shape index (κ2) is 10.2. The van der Waals surface area contributed by atoms with Crippen LogP contribution in [0.3, 0.4) is 0 Å². The predicted octanol–water partition coefficient (Wildman–Crippen LogP) is 2.95. The lowest BCUT2D eigenvalue weighted by Crippen LogP contribution is -2.67. The van der Waals surface area contributed by atoms with Crippen LogP contribution < -0.4 is 5.32 Å². The lowest BCUT2D eigenvalue weighted by Gasteiger charge is -2.55. The Bertz CT molecular complexity index is 671. The molecule has 5 heteroatoms. The van der Waals surface area contributed by atoms with Crippen LogP contribution in [0.5, 0.6) is 0 Å². The molecule has 0 aromatic heterocycles. The van der Waals surface area contributed by atoms with Crippen LogP contribution >= 0.6 is 0 Å². The highest BCUT2D eigenvalue weighted by Gasteiger charge is 2.47. The van der Waals surface area contributed by atoms with Crippen LogP contribution in [0.4, 0.5) is 0 Å². The summed E-state index contributed by atoms with van der Waals surface area (Å²) in [5.74, 6) is 0.138. The van der Waals surface area contributed by atoms with Crippen molar-refractivity contribution in [2.45, 2.75) is 57.0 Å². The third-order valence-electron chi connectivity index (χ3n) is 6.09. The fourth-order valence-electron chi connectivity index (χ4n) is 4.73. The number of rotatable bonds is 9. The first kappa shape index (κ1) is 21.0. The second-order valence-electron chi connectivity index (χ2n) is 7.92. The monoisotopic (exact) mass is 386 g/mol. The molecule has 28 heavy (non-hydrogen) atoms. The highest BCUT2D eigenvalue weighted by Crippen LogP contribution is 2.41. The lowest BCUT2D eigenvalue weighted by atomic mass is 9.74. The van der Waals surface area contributed by atoms with Crippen molar-refractivity contribution < 1.29 is 14.6 Å². The van der Waals surface area contributed by atoms with E-state index in [1.807, 2.05) is 0 Å². The van der Waals surface area contributed by atoms with Gasteiger partial charge in [0.15, 0.2) is 0 Å². The number of carbonyl (C=O) groups is 1. The van der Waals surface area contributed by atoms with Crippen LogP contribution in [0.25, 0.3) is 5.57 Å². The number of likely N-dealkylation sites (tertiary alicyclic amines) is 1. The quantitative estimate of drug-likeness (QED) is 0.685. The number of nitrogens with zero attached hydrogens (tertiary/aromatic N) is 1. The van der Waals surface area contributed by atoms with Gasteiger partial charge in [0.2, 0.25) is 5.91 Å². The zero-order valence-corrected chi connectivity index (χ0v) is 17.2. The molecule has 1 aromatic rings. The van der Waals surface area contributed by atoms with Crippen molar-refractivity contribution in [3.8, 4) is 0 Å². The number of aliphatic hydroxyl groups is 1. The number of hydrogen-bond acceptors (Lipinski definition) is 4. The van der Waals surface area contributed by atoms with Gasteiger partial charge >= 0.3 is 0 Å². The number of methoxy groups -OCH3 is 1. The molecule has 1 heterocycles. The van der Waals surface area contributed by atoms with Crippen molar-refractivity contribution in [2.24, 2.45) is 0 Å². The van der Waals surface area contributed by atoms with Crippen LogP contribution in [0.1, 0.15) is 56.1 Å². The van der Waals surface area contributed by atoms with Crippen molar-refractivity contribution >= 4 is 11.5 Å². The summed E-state index contributed by atoms with van der Waals surface area (Å²) in [4.78, 5) is 14.2. The highest BCUT2D eigenvalue weighted by atomic mass is 16.5. The van der Waals surface area contributed by atoms with E-state index in [0.29, 0.717) is 6.54 Å². The molecule has 5 nitrogen and oxygen atoms in total. The number of ether oxygens (including phenoxy) is 1. The van der Waals surface area contributed by atoms with E-state index in [9.17, 15) is 9.90 Å². The van der Waals surface area contributed by atoms with Gasteiger partial charge in [-0.3, -0.25) is 9.69 Å². The number of benzene rings is 1. The summed E-state index contributed by atoms with van der Waals surface area (Å²) in [5, 5.41) is 13.0. The molecule has 0 spiro atoms. The minimum atomic E-state index is -0.0928. The third-order valence-corrected chi connectivity index (χ3v) is 6.09. The maximum Gasteiger partial charge on any atom is 0.246 e. The van der Waals surface area contributed by atoms with Gasteiger partial charge in [-0.1, -0.05) is 37.3 Å². The van der Waals surface area contributed by atoms with Gasteiger partial charge in [-0.2, -0.15) is 0 Å². The molecule has 3 atom stereocenters. The number of aliphatic hydroxyl groups excluding tert-OH is 1. The van der Waals surface area contributed by atoms with Crippen molar-refractivity contribution in [1.82, 2.24) is 10.2 Å². The minimum Gasteiger partial charge on any atom is -0.395 e. The van der Waals surface area contributed by atoms with Gasteiger partial charge in [-0.15, -0.1) is 0 Å². The summed E-state index contributed by atoms with van der Waals surface area (Å²) >= 11 is 0. The number of amides is 1. The standard InChI is InChI=1S/C23H34N2O3/c1-3-13-25-20(14-24-22(27)16-28-2)23(21(25)15-26)19-11-9-18(10-12-19)17-7-5-4-6-8-17/h7,9-12,20-21,23,26H,3-6,8,13-16H2,1-2H3,(H,24,27)/t20-,21+,23+/m0/s1. The summed E-state index contributed by atoms with van der Waals surface area (Å²) in [6.45, 7) is 3.88. The Balaban J connectivity index is 1.74. The van der Waals surface area contributed by atoms with Gasteiger partial charge < -0.3 is 15.2 Å². The molecule has 2 N–H and O–H groups in total. The van der Waals surface area contributed by atoms with E-state index < -0.39 is 0 Å². The maximum absolute atomic E-state index is 11.9. The van der Waals surface area contributed by atoms with E-state index in [0.717, 1.165) is 13.0 Å². The SMILES string of the molecule is CCCN1[C@H](CO)[C@H](c2ccc(C3=CCCCC3)cc2)[C@@H]1CNC(=O)COC. The van der Waals surface area contributed by atoms with Crippen LogP contribution in [0.2, 0.25) is 0 Å². The van der Waals surface area contributed by atoms with Crippen molar-refractivity contribution in [2.75, 3.05) is 33.4 Å². The summed E-state index contributed by atoms with van der Waals surface area (Å²) < 4.78 is 4.92. The van der Waals surface area contributed by atoms with Gasteiger partial charge in [-0.25, -0.2) is 0 Å². The molecule has 1 aliphatic heterocycles. The molecule has 1 aromatic carbocycles. The van der Waals surface area contributed by atoms with Gasteiger partial charge in [0.05, 0.1) is 6.61 Å². The van der Waals surface area contributed by atoms with Gasteiger partial charge in [0, 0.05) is 31.7 Å². The molecule has 0 radical (unpaired) electrons. The second-order valence-corrected chi connectivity index (χ2v) is 7.92. The predicted molar refractivity (Wildman–Crippen MR) is 112 cm³/mol. The zero-order chi connectivity index (χ0) is 19.9. The Kier molecular flexibility index (Phi) is 7.65. The third kappa shape index (κ3) is 4.65. The van der Waals surface area contributed by atoms with Gasteiger partial charge in [0.25, 0.3) is 0 Å². The number of allylic oxidation sites excluding steroid dienone is 2. The van der Waals surface area contributed by atoms with Crippen molar-refractivity contribution in [3.05, 3.63) is 41.5 Å². The van der Waals surface area contributed by atoms with Crippen LogP contribution in [-0.2, 0) is 9.53 Å². The molecule has 154 valence electrons. The van der Waals surface area contributed by atoms with E-state index in [1.54, 1.807) is 0 Å². The topological polar surface area (TPSA) is 61.8 Å². The van der Waals surface area contributed by atoms with E-state index in [-0.39, 0.29) is 37.1 Å². The van der Waals surface area contributed by atoms with Crippen LogP contribution in [-0.4, -0.2) is 61.4 Å². The number of carbonyl (C=O) groups excluding carboxylic acids is 1. The largest absolute Gasteiger partial charge is 0.395 e. The number of nitrogens with one attached hydrogen (secondary N) is 1. The Labute approximate surface area is 168 Å². The molecular weight excluding hydrogens is 352 g/mol. The first-order chi connectivity index (χ1) is 13.7. The van der Waals surface area contributed by atoms with E-state index in [4.69, 9.17) is 4.74 Å². The molecular formula is C23H34N2O3. The van der Waals surface area contributed by atoms with Crippen LogP contribution in [0.15, 0.2) is 30.3 Å². The Morgan fingerprint density at radius 2 is 2.04 bits per heavy atom. The van der Waals surface area contributed by atoms with E-state index in [2.05, 4.69) is 47.5 Å². The minimum absolute atomic E-state index is 0.0817. The molecule has 2 aliphatic rings. The molecule has 0 unspecified atom stereocenters. The van der Waals surface area contributed by atoms with E-state index in [1.165, 1.54) is 49.5 Å². The molecule has 3 rings (SSSR count). The summed E-state index contributed by atoms with van der Waals surface area (Å²) in [7, 11) is 1.53.